The number of amides is 2. The molecule has 0 unspecified atom stereocenters. The van der Waals surface area contributed by atoms with Crippen LogP contribution in [0.2, 0.25) is 0 Å². The Labute approximate surface area is 336 Å². The maximum Gasteiger partial charge on any atom is 0.414 e. The minimum absolute atomic E-state index is 0. The third kappa shape index (κ3) is 13.9. The normalized spacial score (nSPS) is 12.5. The van der Waals surface area contributed by atoms with E-state index in [0.29, 0.717) is 37.3 Å². The van der Waals surface area contributed by atoms with Crippen LogP contribution in [0.25, 0.3) is 0 Å². The lowest BCUT2D eigenvalue weighted by Gasteiger charge is -2.37. The van der Waals surface area contributed by atoms with Gasteiger partial charge >= 0.3 is 12.2 Å². The molecular formula is C28H40B16F2N4O4. The molecule has 0 fully saturated rings. The summed E-state index contributed by atoms with van der Waals surface area (Å²) < 4.78 is 37.6. The van der Waals surface area contributed by atoms with Crippen LogP contribution in [0.3, 0.4) is 0 Å². The highest BCUT2D eigenvalue weighted by molar-refractivity contribution is 8.13. The highest BCUT2D eigenvalue weighted by atomic mass is 19.1. The molecule has 0 saturated heterocycles. The fourth-order valence-corrected chi connectivity index (χ4v) is 5.83. The summed E-state index contributed by atoms with van der Waals surface area (Å²) in [5, 5.41) is 2.78. The first-order valence-corrected chi connectivity index (χ1v) is 17.2. The summed E-state index contributed by atoms with van der Waals surface area (Å²) in [7, 11) is 52.0. The van der Waals surface area contributed by atoms with Crippen LogP contribution in [-0.2, 0) is 22.3 Å². The number of nitrogens with two attached hydrogens (primary N) is 1. The quantitative estimate of drug-likeness (QED) is 0.320. The topological polar surface area (TPSA) is 97.1 Å². The Morgan fingerprint density at radius 1 is 0.685 bits per heavy atom. The third-order valence-electron chi connectivity index (χ3n) is 8.32. The van der Waals surface area contributed by atoms with Crippen LogP contribution in [0.1, 0.15) is 60.1 Å². The smallest absolute Gasteiger partial charge is 0.414 e. The number of hydrogen-bond donors (Lipinski definition) is 2. The first-order valence-electron chi connectivity index (χ1n) is 17.2. The molecule has 0 aliphatic carbocycles. The van der Waals surface area contributed by atoms with Crippen molar-refractivity contribution in [3.63, 3.8) is 0 Å². The van der Waals surface area contributed by atoms with Crippen molar-refractivity contribution in [2.75, 3.05) is 41.0 Å². The number of benzene rings is 2. The number of carbonyl (C=O) groups excluding carboxylic acids is 2. The lowest BCUT2D eigenvalue weighted by molar-refractivity contribution is 0.0573. The average molecular weight is 708 g/mol. The third-order valence-corrected chi connectivity index (χ3v) is 8.32. The second-order valence-corrected chi connectivity index (χ2v) is 15.0. The van der Waals surface area contributed by atoms with Gasteiger partial charge in [0.15, 0.2) is 0 Å². The molecule has 26 heteroatoms. The van der Waals surface area contributed by atoms with Gasteiger partial charge in [-0.05, 0) is 89.8 Å². The summed E-state index contributed by atoms with van der Waals surface area (Å²) >= 11 is 0. The summed E-state index contributed by atoms with van der Waals surface area (Å²) in [6, 6.07) is 6.00. The van der Waals surface area contributed by atoms with Crippen LogP contribution >= 0.6 is 0 Å². The number of nitrogen functional groups attached to an aromatic ring is 1. The SMILES string of the molecule is C.CC(C)(C)OC(=O)N1CCc2cc(F)c(N)cc21.CNc1cc2c(cc1F)CCN2C(=O)OC(C)(C)C.[B]B([B])B([B])B(B([B])[B])B(B([B])[B])B([B])[B]. The molecule has 2 aromatic carbocycles. The van der Waals surface area contributed by atoms with Gasteiger partial charge in [0.2, 0.25) is 0 Å². The molecule has 2 aromatic rings. The summed E-state index contributed by atoms with van der Waals surface area (Å²) in [5.41, 5.74) is 7.86. The van der Waals surface area contributed by atoms with Crippen LogP contribution in [-0.4, -0.2) is 158 Å². The fraction of sp³-hybridized carbons (Fsp3) is 0.500. The van der Waals surface area contributed by atoms with E-state index in [-0.39, 0.29) is 25.0 Å². The largest absolute Gasteiger partial charge is 0.443 e. The summed E-state index contributed by atoms with van der Waals surface area (Å²) in [6.45, 7) is 11.9. The van der Waals surface area contributed by atoms with Crippen LogP contribution in [0.15, 0.2) is 24.3 Å². The van der Waals surface area contributed by atoms with E-state index in [1.165, 1.54) is 23.1 Å². The molecule has 18 radical (unpaired) electrons. The van der Waals surface area contributed by atoms with E-state index in [4.69, 9.17) is 84.8 Å². The van der Waals surface area contributed by atoms with Gasteiger partial charge in [-0.1, -0.05) is 7.43 Å². The van der Waals surface area contributed by atoms with Gasteiger partial charge in [0.05, 0.1) is 22.7 Å². The van der Waals surface area contributed by atoms with Crippen molar-refractivity contribution in [1.82, 2.24) is 0 Å². The van der Waals surface area contributed by atoms with Gasteiger partial charge in [0.25, 0.3) is 0 Å². The molecule has 0 saturated carbocycles. The standard InChI is InChI=1S/C14H19FN2O2.C13H17FN2O2.CH4.B16/c1-14(2,3)19-13(18)17-6-5-9-7-10(15)11(16-4)8-12(9)17;1-13(2,3)18-12(17)16-5-4-8-6-9(14)10(15)7-11(8)16;;1-10(2)14(9)16(13(7)8)15(11(3)4)12(5)6/h7-8,16H,5-6H2,1-4H3;6-7H,4-5,15H2,1-3H3;1H4;. The summed E-state index contributed by atoms with van der Waals surface area (Å²) in [4.78, 5) is 27.1. The molecule has 2 aliphatic rings. The number of ether oxygens (including phenoxy) is 2. The molecule has 2 aliphatic heterocycles. The van der Waals surface area contributed by atoms with Crippen molar-refractivity contribution in [2.24, 2.45) is 0 Å². The highest BCUT2D eigenvalue weighted by Crippen LogP contribution is 2.34. The molecular weight excluding hydrogens is 667 g/mol. The van der Waals surface area contributed by atoms with Gasteiger partial charge in [0, 0.05) is 134 Å². The molecule has 0 bridgehead atoms. The molecule has 8 nitrogen and oxygen atoms in total. The minimum atomic E-state index is -0.807. The van der Waals surface area contributed by atoms with Crippen LogP contribution in [0, 0.1) is 11.6 Å². The van der Waals surface area contributed by atoms with Gasteiger partial charge in [-0.2, -0.15) is 0 Å². The van der Waals surface area contributed by atoms with E-state index in [0.717, 1.165) is 16.8 Å². The van der Waals surface area contributed by atoms with E-state index < -0.39 is 67.8 Å². The van der Waals surface area contributed by atoms with Gasteiger partial charge < -0.3 is 20.5 Å². The number of carbonyl (C=O) groups is 2. The molecule has 54 heavy (non-hydrogen) atoms. The molecule has 0 atom stereocenters. The summed E-state index contributed by atoms with van der Waals surface area (Å²) in [5.74, 6) is -0.743. The predicted octanol–water partition coefficient (Wildman–Crippen LogP) is 0.414. The predicted molar refractivity (Wildman–Crippen MR) is 240 cm³/mol. The van der Waals surface area contributed by atoms with Crippen molar-refractivity contribution >= 4 is 149 Å². The highest BCUT2D eigenvalue weighted by Gasteiger charge is 2.38. The minimum Gasteiger partial charge on any atom is -0.443 e. The van der Waals surface area contributed by atoms with Gasteiger partial charge in [-0.25, -0.2) is 18.4 Å². The molecule has 0 aromatic heterocycles. The second kappa shape index (κ2) is 20.6. The number of rotatable bonds is 7. The van der Waals surface area contributed by atoms with E-state index in [9.17, 15) is 18.4 Å². The first kappa shape index (κ1) is 49.5. The average Bonchev–Trinajstić information content (AvgIpc) is 3.61. The molecule has 3 N–H and O–H groups in total. The van der Waals surface area contributed by atoms with Crippen molar-refractivity contribution in [3.05, 3.63) is 47.0 Å². The number of nitrogens with one attached hydrogen (secondary N) is 1. The Balaban J connectivity index is 0.000000403. The Morgan fingerprint density at radius 2 is 1.07 bits per heavy atom. The number of halogens is 2. The van der Waals surface area contributed by atoms with Gasteiger partial charge in [0.1, 0.15) is 22.8 Å². The number of hydrogen-bond acceptors (Lipinski definition) is 6. The van der Waals surface area contributed by atoms with E-state index in [1.807, 2.05) is 20.8 Å². The van der Waals surface area contributed by atoms with Crippen molar-refractivity contribution < 1.29 is 27.8 Å². The van der Waals surface area contributed by atoms with Crippen molar-refractivity contribution in [2.45, 2.75) is 73.0 Å². The van der Waals surface area contributed by atoms with Crippen LogP contribution in [0.5, 0.6) is 0 Å². The molecule has 0 spiro atoms. The van der Waals surface area contributed by atoms with Gasteiger partial charge in [-0.3, -0.25) is 9.80 Å². The van der Waals surface area contributed by atoms with Crippen molar-refractivity contribution in [1.29, 1.82) is 0 Å². The molecule has 2 heterocycles. The maximum absolute atomic E-state index is 13.6. The summed E-state index contributed by atoms with van der Waals surface area (Å²) in [6.07, 6.45) is -4.57. The zero-order valence-corrected chi connectivity index (χ0v) is 31.7. The zero-order valence-electron chi connectivity index (χ0n) is 31.7. The number of anilines is 4. The first-order chi connectivity index (χ1) is 24.3. The Morgan fingerprint density at radius 3 is 1.43 bits per heavy atom. The molecule has 258 valence electrons. The van der Waals surface area contributed by atoms with E-state index in [2.05, 4.69) is 5.32 Å². The lowest BCUT2D eigenvalue weighted by Crippen LogP contribution is -2.75. The lowest BCUT2D eigenvalue weighted by atomic mass is 8.44. The van der Waals surface area contributed by atoms with Crippen LogP contribution in [0.4, 0.5) is 41.1 Å². The number of fused-ring (bicyclic) bond motifs is 2. The molecule has 2 amide bonds. The van der Waals surface area contributed by atoms with Gasteiger partial charge in [-0.15, -0.1) is 0 Å². The Hall–Kier alpha value is -2.52. The zero-order chi connectivity index (χ0) is 40.7. The maximum atomic E-state index is 13.6. The van der Waals surface area contributed by atoms with E-state index >= 15 is 0 Å². The van der Waals surface area contributed by atoms with E-state index in [1.54, 1.807) is 38.8 Å². The monoisotopic (exact) mass is 710 g/mol. The molecule has 4 rings (SSSR count). The fourth-order valence-electron chi connectivity index (χ4n) is 5.83. The van der Waals surface area contributed by atoms with Crippen LogP contribution < -0.4 is 20.9 Å². The van der Waals surface area contributed by atoms with Crippen molar-refractivity contribution in [3.8, 4) is 0 Å². The number of nitrogens with zero attached hydrogens (tertiary/aromatic N) is 2. The Bertz CT molecular complexity index is 1560. The second-order valence-electron chi connectivity index (χ2n) is 15.0. The Kier molecular flexibility index (Phi) is 18.9.